The lowest BCUT2D eigenvalue weighted by Crippen LogP contribution is -2.24. The molecule has 16 heavy (non-hydrogen) atoms. The summed E-state index contributed by atoms with van der Waals surface area (Å²) in [5, 5.41) is 18.4. The molecule has 0 saturated carbocycles. The first-order valence-corrected chi connectivity index (χ1v) is 4.52. The Bertz CT molecular complexity index is 439. The standard InChI is InChI=1S/C11H11NO4/c1-8(13)12(16)10-5-3-2-4-9(10)6-7-11(14)15/h2-7,16H,1H3,(H,14,15)/b7-6+. The highest BCUT2D eigenvalue weighted by Crippen LogP contribution is 2.20. The van der Waals surface area contributed by atoms with Crippen LogP contribution in [0.4, 0.5) is 5.69 Å². The Hall–Kier alpha value is -2.14. The fraction of sp³-hybridized carbons (Fsp3) is 0.0909. The van der Waals surface area contributed by atoms with Gasteiger partial charge >= 0.3 is 5.97 Å². The Kier molecular flexibility index (Phi) is 3.79. The molecule has 0 aromatic heterocycles. The van der Waals surface area contributed by atoms with E-state index in [1.807, 2.05) is 0 Å². The van der Waals surface area contributed by atoms with E-state index in [1.54, 1.807) is 18.2 Å². The second kappa shape index (κ2) is 5.09. The number of carboxylic acid groups (broad SMARTS) is 1. The van der Waals surface area contributed by atoms with Crippen LogP contribution in [0.2, 0.25) is 0 Å². The van der Waals surface area contributed by atoms with Crippen molar-refractivity contribution in [3.63, 3.8) is 0 Å². The molecule has 0 fully saturated rings. The molecule has 0 radical (unpaired) electrons. The summed E-state index contributed by atoms with van der Waals surface area (Å²) in [4.78, 5) is 21.3. The van der Waals surface area contributed by atoms with Gasteiger partial charge in [-0.05, 0) is 12.1 Å². The number of nitrogens with zero attached hydrogens (tertiary/aromatic N) is 1. The van der Waals surface area contributed by atoms with Crippen molar-refractivity contribution in [3.8, 4) is 0 Å². The molecule has 0 saturated heterocycles. The number of anilines is 1. The zero-order valence-electron chi connectivity index (χ0n) is 8.62. The molecular formula is C11H11NO4. The number of hydrogen-bond donors (Lipinski definition) is 2. The molecule has 0 aliphatic heterocycles. The number of para-hydroxylation sites is 1. The van der Waals surface area contributed by atoms with Crippen molar-refractivity contribution in [2.24, 2.45) is 0 Å². The molecule has 84 valence electrons. The fourth-order valence-electron chi connectivity index (χ4n) is 1.15. The predicted molar refractivity (Wildman–Crippen MR) is 58.1 cm³/mol. The molecule has 1 rings (SSSR count). The number of benzene rings is 1. The highest BCUT2D eigenvalue weighted by molar-refractivity contribution is 5.93. The molecule has 0 spiro atoms. The molecule has 1 aromatic carbocycles. The van der Waals surface area contributed by atoms with Crippen molar-refractivity contribution in [1.29, 1.82) is 0 Å². The molecule has 0 bridgehead atoms. The van der Waals surface area contributed by atoms with E-state index in [9.17, 15) is 14.8 Å². The maximum absolute atomic E-state index is 11.0. The second-order valence-corrected chi connectivity index (χ2v) is 3.06. The molecule has 0 aliphatic carbocycles. The van der Waals surface area contributed by atoms with Gasteiger partial charge in [0.15, 0.2) is 0 Å². The first-order chi connectivity index (χ1) is 7.52. The van der Waals surface area contributed by atoms with E-state index in [4.69, 9.17) is 5.11 Å². The van der Waals surface area contributed by atoms with Gasteiger partial charge in [0.2, 0.25) is 5.91 Å². The van der Waals surface area contributed by atoms with Gasteiger partial charge in [-0.15, -0.1) is 0 Å². The minimum Gasteiger partial charge on any atom is -0.478 e. The van der Waals surface area contributed by atoms with Gasteiger partial charge in [0.1, 0.15) is 0 Å². The number of amides is 1. The Balaban J connectivity index is 3.10. The largest absolute Gasteiger partial charge is 0.478 e. The van der Waals surface area contributed by atoms with E-state index in [0.29, 0.717) is 10.6 Å². The molecule has 2 N–H and O–H groups in total. The lowest BCUT2D eigenvalue weighted by Gasteiger charge is -2.14. The van der Waals surface area contributed by atoms with Crippen LogP contribution in [0.5, 0.6) is 0 Å². The maximum Gasteiger partial charge on any atom is 0.328 e. The smallest absolute Gasteiger partial charge is 0.328 e. The van der Waals surface area contributed by atoms with E-state index >= 15 is 0 Å². The van der Waals surface area contributed by atoms with Crippen LogP contribution in [0.15, 0.2) is 30.3 Å². The quantitative estimate of drug-likeness (QED) is 0.461. The van der Waals surface area contributed by atoms with Crippen LogP contribution in [0.3, 0.4) is 0 Å². The average molecular weight is 221 g/mol. The number of carbonyl (C=O) groups excluding carboxylic acids is 1. The molecule has 0 atom stereocenters. The van der Waals surface area contributed by atoms with Gasteiger partial charge in [0.25, 0.3) is 0 Å². The molecule has 0 heterocycles. The van der Waals surface area contributed by atoms with Crippen LogP contribution in [0, 0.1) is 0 Å². The summed E-state index contributed by atoms with van der Waals surface area (Å²) in [5.74, 6) is -1.64. The van der Waals surface area contributed by atoms with Crippen molar-refractivity contribution in [2.75, 3.05) is 5.06 Å². The number of carboxylic acids is 1. The van der Waals surface area contributed by atoms with Gasteiger partial charge in [0, 0.05) is 18.6 Å². The third-order valence-corrected chi connectivity index (χ3v) is 1.87. The maximum atomic E-state index is 11.0. The van der Waals surface area contributed by atoms with Crippen LogP contribution < -0.4 is 5.06 Å². The number of hydrogen-bond acceptors (Lipinski definition) is 3. The van der Waals surface area contributed by atoms with Crippen molar-refractivity contribution >= 4 is 23.6 Å². The molecule has 1 amide bonds. The van der Waals surface area contributed by atoms with Crippen molar-refractivity contribution < 1.29 is 19.9 Å². The van der Waals surface area contributed by atoms with Gasteiger partial charge in [0.05, 0.1) is 5.69 Å². The average Bonchev–Trinajstić information content (AvgIpc) is 2.25. The zero-order valence-corrected chi connectivity index (χ0v) is 8.62. The highest BCUT2D eigenvalue weighted by atomic mass is 16.5. The van der Waals surface area contributed by atoms with E-state index in [2.05, 4.69) is 0 Å². The second-order valence-electron chi connectivity index (χ2n) is 3.06. The van der Waals surface area contributed by atoms with Crippen molar-refractivity contribution in [3.05, 3.63) is 35.9 Å². The lowest BCUT2D eigenvalue weighted by atomic mass is 10.1. The number of carbonyl (C=O) groups is 2. The van der Waals surface area contributed by atoms with Crippen molar-refractivity contribution in [2.45, 2.75) is 6.92 Å². The third kappa shape index (κ3) is 2.93. The Morgan fingerprint density at radius 1 is 1.31 bits per heavy atom. The SMILES string of the molecule is CC(=O)N(O)c1ccccc1/C=C/C(=O)O. The minimum atomic E-state index is -1.10. The first kappa shape index (κ1) is 11.9. The normalized spacial score (nSPS) is 10.4. The number of rotatable bonds is 3. The summed E-state index contributed by atoms with van der Waals surface area (Å²) in [6, 6.07) is 6.43. The Labute approximate surface area is 92.2 Å². The molecule has 0 aliphatic rings. The summed E-state index contributed by atoms with van der Waals surface area (Å²) in [7, 11) is 0. The van der Waals surface area contributed by atoms with Gasteiger partial charge in [-0.3, -0.25) is 10.0 Å². The zero-order chi connectivity index (χ0) is 12.1. The molecule has 5 nitrogen and oxygen atoms in total. The summed E-state index contributed by atoms with van der Waals surface area (Å²) in [6.45, 7) is 1.21. The van der Waals surface area contributed by atoms with Crippen LogP contribution >= 0.6 is 0 Å². The highest BCUT2D eigenvalue weighted by Gasteiger charge is 2.10. The van der Waals surface area contributed by atoms with E-state index in [0.717, 1.165) is 6.08 Å². The summed E-state index contributed by atoms with van der Waals surface area (Å²) in [5.41, 5.74) is 0.690. The molecular weight excluding hydrogens is 210 g/mol. The lowest BCUT2D eigenvalue weighted by molar-refractivity contribution is -0.131. The van der Waals surface area contributed by atoms with Crippen LogP contribution in [0.1, 0.15) is 12.5 Å². The topological polar surface area (TPSA) is 77.8 Å². The van der Waals surface area contributed by atoms with Gasteiger partial charge in [-0.2, -0.15) is 5.06 Å². The number of hydroxylamine groups is 1. The van der Waals surface area contributed by atoms with Crippen LogP contribution in [-0.2, 0) is 9.59 Å². The molecule has 1 aromatic rings. The molecule has 0 unspecified atom stereocenters. The van der Waals surface area contributed by atoms with Crippen LogP contribution in [-0.4, -0.2) is 22.2 Å². The Morgan fingerprint density at radius 2 is 1.94 bits per heavy atom. The van der Waals surface area contributed by atoms with Gasteiger partial charge in [-0.1, -0.05) is 18.2 Å². The van der Waals surface area contributed by atoms with Gasteiger partial charge in [-0.25, -0.2) is 4.79 Å². The van der Waals surface area contributed by atoms with E-state index < -0.39 is 11.9 Å². The predicted octanol–water partition coefficient (Wildman–Crippen LogP) is 1.53. The first-order valence-electron chi connectivity index (χ1n) is 4.52. The molecule has 5 heteroatoms. The van der Waals surface area contributed by atoms with E-state index in [-0.39, 0.29) is 5.69 Å². The van der Waals surface area contributed by atoms with Gasteiger partial charge < -0.3 is 5.11 Å². The minimum absolute atomic E-state index is 0.243. The van der Waals surface area contributed by atoms with Crippen molar-refractivity contribution in [1.82, 2.24) is 0 Å². The van der Waals surface area contributed by atoms with E-state index in [1.165, 1.54) is 19.1 Å². The third-order valence-electron chi connectivity index (χ3n) is 1.87. The van der Waals surface area contributed by atoms with Crippen LogP contribution in [0.25, 0.3) is 6.08 Å². The summed E-state index contributed by atoms with van der Waals surface area (Å²) < 4.78 is 0. The number of aliphatic carboxylic acids is 1. The summed E-state index contributed by atoms with van der Waals surface area (Å²) >= 11 is 0. The Morgan fingerprint density at radius 3 is 2.50 bits per heavy atom. The summed E-state index contributed by atoms with van der Waals surface area (Å²) in [6.07, 6.45) is 2.25. The monoisotopic (exact) mass is 221 g/mol. The fourth-order valence-corrected chi connectivity index (χ4v) is 1.15.